The molecule has 3 aliphatic rings. The van der Waals surface area contributed by atoms with Gasteiger partial charge in [-0.2, -0.15) is 0 Å². The largest absolute Gasteiger partial charge is 0.228 e. The van der Waals surface area contributed by atoms with Crippen molar-refractivity contribution in [1.82, 2.24) is 24.9 Å². The van der Waals surface area contributed by atoms with Gasteiger partial charge in [0.05, 0.1) is 11.4 Å². The van der Waals surface area contributed by atoms with Crippen LogP contribution >= 0.6 is 0 Å². The number of nitrogens with zero attached hydrogens (tertiary/aromatic N) is 5. The molecule has 2 atom stereocenters. The second-order valence-electron chi connectivity index (χ2n) is 15.4. The quantitative estimate of drug-likeness (QED) is 0.157. The summed E-state index contributed by atoms with van der Waals surface area (Å²) in [6.07, 6.45) is 4.18. The van der Waals surface area contributed by atoms with Crippen LogP contribution in [0.15, 0.2) is 170 Å². The van der Waals surface area contributed by atoms with Gasteiger partial charge in [-0.3, -0.25) is 0 Å². The molecule has 6 aromatic carbocycles. The number of rotatable bonds is 8. The molecule has 55 heavy (non-hydrogen) atoms. The van der Waals surface area contributed by atoms with Crippen molar-refractivity contribution in [2.45, 2.75) is 24.7 Å². The first-order valence-electron chi connectivity index (χ1n) is 19.3. The summed E-state index contributed by atoms with van der Waals surface area (Å²) in [6, 6.07) is 58.9. The Labute approximate surface area is 320 Å². The minimum absolute atomic E-state index is 0.429. The van der Waals surface area contributed by atoms with Gasteiger partial charge in [-0.1, -0.05) is 164 Å². The van der Waals surface area contributed by atoms with E-state index in [4.69, 9.17) is 24.9 Å². The Morgan fingerprint density at radius 2 is 0.782 bits per heavy atom. The molecule has 0 aliphatic heterocycles. The van der Waals surface area contributed by atoms with Gasteiger partial charge in [-0.25, -0.2) is 24.9 Å². The van der Waals surface area contributed by atoms with Crippen LogP contribution in [0.5, 0.6) is 0 Å². The summed E-state index contributed by atoms with van der Waals surface area (Å²) in [7, 11) is 0. The highest BCUT2D eigenvalue weighted by Crippen LogP contribution is 2.77. The monoisotopic (exact) mass is 707 g/mol. The van der Waals surface area contributed by atoms with Crippen LogP contribution in [0, 0.1) is 17.8 Å². The SMILES string of the molecule is c1ccc(-c2nc(-c3ccccc3)nc(-c3ccc(-c4cc(-c5ccccc5-c5ccccc5)nc(-c5ccc(C67CC8CC(C6)C87)cc5)n4)cc3)n2)cc1. The minimum atomic E-state index is 0.429. The lowest BCUT2D eigenvalue weighted by atomic mass is 9.28. The maximum Gasteiger partial charge on any atom is 0.164 e. The lowest BCUT2D eigenvalue weighted by Crippen LogP contribution is -2.71. The van der Waals surface area contributed by atoms with Crippen molar-refractivity contribution in [2.75, 3.05) is 0 Å². The van der Waals surface area contributed by atoms with E-state index in [0.29, 0.717) is 22.9 Å². The summed E-state index contributed by atoms with van der Waals surface area (Å²) < 4.78 is 0. The van der Waals surface area contributed by atoms with E-state index in [1.807, 2.05) is 60.7 Å². The van der Waals surface area contributed by atoms with Crippen LogP contribution in [0.25, 0.3) is 79.2 Å². The molecule has 0 N–H and O–H groups in total. The van der Waals surface area contributed by atoms with Crippen molar-refractivity contribution in [1.29, 1.82) is 0 Å². The van der Waals surface area contributed by atoms with E-state index in [2.05, 4.69) is 109 Å². The number of hydrogen-bond acceptors (Lipinski definition) is 5. The van der Waals surface area contributed by atoms with E-state index >= 15 is 0 Å². The molecule has 5 nitrogen and oxygen atoms in total. The molecule has 0 saturated heterocycles. The van der Waals surface area contributed by atoms with Crippen molar-refractivity contribution >= 4 is 0 Å². The van der Waals surface area contributed by atoms with Crippen molar-refractivity contribution in [3.05, 3.63) is 175 Å². The molecule has 11 rings (SSSR count). The van der Waals surface area contributed by atoms with Crippen LogP contribution in [0.4, 0.5) is 0 Å². The van der Waals surface area contributed by atoms with E-state index in [1.165, 1.54) is 24.8 Å². The van der Waals surface area contributed by atoms with Gasteiger partial charge in [0.2, 0.25) is 0 Å². The van der Waals surface area contributed by atoms with Crippen LogP contribution in [0.2, 0.25) is 0 Å². The Morgan fingerprint density at radius 1 is 0.364 bits per heavy atom. The van der Waals surface area contributed by atoms with Gasteiger partial charge in [-0.05, 0) is 65.2 Å². The molecule has 0 bridgehead atoms. The van der Waals surface area contributed by atoms with Gasteiger partial charge < -0.3 is 0 Å². The fourth-order valence-electron chi connectivity index (χ4n) is 9.71. The third-order valence-corrected chi connectivity index (χ3v) is 12.4. The molecular weight excluding hydrogens is 671 g/mol. The molecular formula is C50H37N5. The number of benzene rings is 6. The Bertz CT molecular complexity index is 2610. The number of hydrogen-bond donors (Lipinski definition) is 0. The summed E-state index contributed by atoms with van der Waals surface area (Å²) >= 11 is 0. The van der Waals surface area contributed by atoms with Crippen molar-refractivity contribution in [2.24, 2.45) is 17.8 Å². The second kappa shape index (κ2) is 12.8. The Balaban J connectivity index is 0.997. The molecule has 5 heteroatoms. The molecule has 3 aliphatic carbocycles. The molecule has 0 radical (unpaired) electrons. The molecule has 3 fully saturated rings. The van der Waals surface area contributed by atoms with Gasteiger partial charge >= 0.3 is 0 Å². The van der Waals surface area contributed by atoms with Crippen LogP contribution in [0.3, 0.4) is 0 Å². The van der Waals surface area contributed by atoms with Gasteiger partial charge in [0.1, 0.15) is 0 Å². The summed E-state index contributed by atoms with van der Waals surface area (Å²) in [5.74, 6) is 5.50. The van der Waals surface area contributed by atoms with E-state index < -0.39 is 0 Å². The highest BCUT2D eigenvalue weighted by Gasteiger charge is 2.71. The lowest BCUT2D eigenvalue weighted by Gasteiger charge is -2.76. The van der Waals surface area contributed by atoms with Crippen molar-refractivity contribution in [3.8, 4) is 79.2 Å². The van der Waals surface area contributed by atoms with Crippen LogP contribution in [-0.2, 0) is 5.41 Å². The molecule has 0 spiro atoms. The first-order chi connectivity index (χ1) is 27.2. The molecule has 262 valence electrons. The lowest BCUT2D eigenvalue weighted by molar-refractivity contribution is -0.219. The minimum Gasteiger partial charge on any atom is -0.228 e. The zero-order valence-electron chi connectivity index (χ0n) is 30.3. The van der Waals surface area contributed by atoms with Gasteiger partial charge in [0.25, 0.3) is 0 Å². The first kappa shape index (κ1) is 31.9. The predicted molar refractivity (Wildman–Crippen MR) is 219 cm³/mol. The van der Waals surface area contributed by atoms with Crippen molar-refractivity contribution < 1.29 is 0 Å². The number of aromatic nitrogens is 5. The molecule has 2 unspecified atom stereocenters. The van der Waals surface area contributed by atoms with Crippen LogP contribution in [0.1, 0.15) is 24.8 Å². The average Bonchev–Trinajstić information content (AvgIpc) is 3.27. The zero-order valence-corrected chi connectivity index (χ0v) is 30.3. The summed E-state index contributed by atoms with van der Waals surface area (Å²) in [5.41, 5.74) is 11.9. The van der Waals surface area contributed by atoms with Gasteiger partial charge in [0.15, 0.2) is 23.3 Å². The molecule has 2 heterocycles. The van der Waals surface area contributed by atoms with E-state index in [9.17, 15) is 0 Å². The normalized spacial score (nSPS) is 20.4. The van der Waals surface area contributed by atoms with E-state index in [1.54, 1.807) is 0 Å². The van der Waals surface area contributed by atoms with E-state index in [-0.39, 0.29) is 0 Å². The highest BCUT2D eigenvalue weighted by molar-refractivity contribution is 5.84. The van der Waals surface area contributed by atoms with Crippen molar-refractivity contribution in [3.63, 3.8) is 0 Å². The third kappa shape index (κ3) is 5.41. The molecule has 8 aromatic rings. The van der Waals surface area contributed by atoms with Crippen LogP contribution in [-0.4, -0.2) is 24.9 Å². The molecule has 2 aromatic heterocycles. The smallest absolute Gasteiger partial charge is 0.164 e. The summed E-state index contributed by atoms with van der Waals surface area (Å²) in [5, 5.41) is 0. The Kier molecular flexibility index (Phi) is 7.41. The van der Waals surface area contributed by atoms with Gasteiger partial charge in [-0.15, -0.1) is 0 Å². The first-order valence-corrected chi connectivity index (χ1v) is 19.3. The third-order valence-electron chi connectivity index (χ3n) is 12.4. The Hall–Kier alpha value is -6.59. The highest BCUT2D eigenvalue weighted by atomic mass is 15.0. The molecule has 3 saturated carbocycles. The van der Waals surface area contributed by atoms with Crippen LogP contribution < -0.4 is 0 Å². The summed E-state index contributed by atoms with van der Waals surface area (Å²) in [6.45, 7) is 0. The topological polar surface area (TPSA) is 64.5 Å². The zero-order chi connectivity index (χ0) is 36.3. The fraction of sp³-hybridized carbons (Fsp3) is 0.140. The second-order valence-corrected chi connectivity index (χ2v) is 15.4. The molecule has 0 amide bonds. The van der Waals surface area contributed by atoms with Gasteiger partial charge in [0, 0.05) is 33.4 Å². The maximum absolute atomic E-state index is 5.26. The average molecular weight is 708 g/mol. The maximum atomic E-state index is 5.26. The predicted octanol–water partition coefficient (Wildman–Crippen LogP) is 11.6. The van der Waals surface area contributed by atoms with E-state index in [0.717, 1.165) is 79.5 Å². The fourth-order valence-corrected chi connectivity index (χ4v) is 9.71. The Morgan fingerprint density at radius 3 is 1.31 bits per heavy atom. The summed E-state index contributed by atoms with van der Waals surface area (Å²) in [4.78, 5) is 25.3. The standard InChI is InChI=1S/C50H37N5/c1-4-12-32(13-5-1)41-18-10-11-19-42(41)44-29-43(51-46(52-44)37-24-26-40(27-25-37)50-30-38-28-39(31-50)45(38)50)33-20-22-36(23-21-33)49-54-47(34-14-6-2-7-15-34)53-48(55-49)35-16-8-3-9-17-35/h1-27,29,38-39,45H,28,30-31H2.